The number of aromatic nitrogens is 2. The van der Waals surface area contributed by atoms with Gasteiger partial charge in [-0.05, 0) is 66.1 Å². The van der Waals surface area contributed by atoms with E-state index in [1.165, 1.54) is 11.9 Å². The van der Waals surface area contributed by atoms with Gasteiger partial charge in [0.2, 0.25) is 5.88 Å². The molecule has 3 aromatic carbocycles. The fourth-order valence-electron chi connectivity index (χ4n) is 3.27. The molecule has 178 valence electrons. The Morgan fingerprint density at radius 3 is 2.03 bits per heavy atom. The first kappa shape index (κ1) is 23.6. The first-order valence-corrected chi connectivity index (χ1v) is 11.2. The van der Waals surface area contributed by atoms with Crippen LogP contribution in [0.25, 0.3) is 0 Å². The van der Waals surface area contributed by atoms with Crippen LogP contribution in [0.5, 0.6) is 17.4 Å². The van der Waals surface area contributed by atoms with Gasteiger partial charge in [0, 0.05) is 24.0 Å². The number of hydrogen-bond acceptors (Lipinski definition) is 6. The number of ether oxygens (including phenoxy) is 2. The summed E-state index contributed by atoms with van der Waals surface area (Å²) in [7, 11) is 1.64. The van der Waals surface area contributed by atoms with Gasteiger partial charge >= 0.3 is 6.03 Å². The lowest BCUT2D eigenvalue weighted by molar-refractivity contribution is 0.262. The first-order valence-electron chi connectivity index (χ1n) is 11.2. The Labute approximate surface area is 204 Å². The molecule has 0 unspecified atom stereocenters. The Hall–Kier alpha value is -4.59. The number of nitrogens with zero attached hydrogens (tertiary/aromatic N) is 2. The van der Waals surface area contributed by atoms with E-state index in [4.69, 9.17) is 9.47 Å². The highest BCUT2D eigenvalue weighted by Crippen LogP contribution is 2.23. The summed E-state index contributed by atoms with van der Waals surface area (Å²) in [5.74, 6) is 2.46. The van der Waals surface area contributed by atoms with E-state index in [2.05, 4.69) is 32.8 Å². The van der Waals surface area contributed by atoms with Crippen molar-refractivity contribution < 1.29 is 14.3 Å². The monoisotopic (exact) mass is 469 g/mol. The van der Waals surface area contributed by atoms with Crippen LogP contribution in [0.4, 0.5) is 22.0 Å². The smallest absolute Gasteiger partial charge is 0.323 e. The lowest BCUT2D eigenvalue weighted by atomic mass is 10.1. The van der Waals surface area contributed by atoms with Crippen LogP contribution in [0.2, 0.25) is 0 Å². The maximum atomic E-state index is 12.3. The predicted molar refractivity (Wildman–Crippen MR) is 137 cm³/mol. The number of benzene rings is 3. The Morgan fingerprint density at radius 1 is 0.800 bits per heavy atom. The topological polar surface area (TPSA) is 97.4 Å². The number of methoxy groups -OCH3 is 1. The molecular formula is C27H27N5O3. The summed E-state index contributed by atoms with van der Waals surface area (Å²) in [5.41, 5.74) is 3.69. The third-order valence-electron chi connectivity index (χ3n) is 5.23. The molecule has 8 heteroatoms. The van der Waals surface area contributed by atoms with Crippen LogP contribution in [-0.2, 0) is 13.0 Å². The Morgan fingerprint density at radius 2 is 1.40 bits per heavy atom. The van der Waals surface area contributed by atoms with Crippen molar-refractivity contribution in [1.29, 1.82) is 0 Å². The van der Waals surface area contributed by atoms with E-state index in [0.29, 0.717) is 29.7 Å². The minimum absolute atomic E-state index is 0.314. The molecule has 1 heterocycles. The number of nitrogens with one attached hydrogen (secondary N) is 3. The highest BCUT2D eigenvalue weighted by molar-refractivity contribution is 5.99. The molecule has 0 aliphatic rings. The van der Waals surface area contributed by atoms with Crippen LogP contribution in [-0.4, -0.2) is 23.1 Å². The molecule has 4 rings (SSSR count). The molecular weight excluding hydrogens is 442 g/mol. The summed E-state index contributed by atoms with van der Waals surface area (Å²) in [6.45, 7) is 2.69. The molecule has 0 spiro atoms. The predicted octanol–water partition coefficient (Wildman–Crippen LogP) is 6.10. The van der Waals surface area contributed by atoms with Crippen molar-refractivity contribution in [2.75, 3.05) is 23.1 Å². The molecule has 0 aliphatic carbocycles. The zero-order valence-electron chi connectivity index (χ0n) is 19.6. The van der Waals surface area contributed by atoms with E-state index in [1.54, 1.807) is 37.4 Å². The van der Waals surface area contributed by atoms with Gasteiger partial charge in [0.1, 0.15) is 23.6 Å². The van der Waals surface area contributed by atoms with Gasteiger partial charge in [-0.3, -0.25) is 0 Å². The summed E-state index contributed by atoms with van der Waals surface area (Å²) in [6, 6.07) is 24.0. The fraction of sp³-hybridized carbons (Fsp3) is 0.148. The van der Waals surface area contributed by atoms with Gasteiger partial charge in [-0.25, -0.2) is 14.8 Å². The maximum absolute atomic E-state index is 12.3. The summed E-state index contributed by atoms with van der Waals surface area (Å²) >= 11 is 0. The summed E-state index contributed by atoms with van der Waals surface area (Å²) in [6.07, 6.45) is 2.40. The molecule has 0 bridgehead atoms. The van der Waals surface area contributed by atoms with Crippen LogP contribution in [0, 0.1) is 0 Å². The fourth-order valence-corrected chi connectivity index (χ4v) is 3.27. The number of anilines is 3. The average molecular weight is 470 g/mol. The summed E-state index contributed by atoms with van der Waals surface area (Å²) in [5, 5.41) is 8.89. The van der Waals surface area contributed by atoms with Crippen molar-refractivity contribution in [3.8, 4) is 17.4 Å². The second-order valence-electron chi connectivity index (χ2n) is 7.70. The van der Waals surface area contributed by atoms with Gasteiger partial charge in [0.05, 0.1) is 7.11 Å². The van der Waals surface area contributed by atoms with Crippen molar-refractivity contribution in [3.05, 3.63) is 96.3 Å². The molecule has 8 nitrogen and oxygen atoms in total. The number of amides is 2. The lowest BCUT2D eigenvalue weighted by Gasteiger charge is -2.10. The van der Waals surface area contributed by atoms with Gasteiger partial charge in [0.25, 0.3) is 0 Å². The molecule has 0 atom stereocenters. The molecule has 35 heavy (non-hydrogen) atoms. The van der Waals surface area contributed by atoms with E-state index in [9.17, 15) is 4.79 Å². The lowest BCUT2D eigenvalue weighted by Crippen LogP contribution is -2.19. The minimum Gasteiger partial charge on any atom is -0.497 e. The Bertz CT molecular complexity index is 1240. The van der Waals surface area contributed by atoms with Crippen LogP contribution in [0.15, 0.2) is 85.2 Å². The molecule has 0 fully saturated rings. The van der Waals surface area contributed by atoms with Gasteiger partial charge in [-0.15, -0.1) is 0 Å². The standard InChI is InChI=1S/C27H27N5O3/c1-3-19-4-8-21(9-5-19)31-27(33)32-22-10-14-24(15-11-22)35-26-16-25(29-18-30-26)28-17-20-6-12-23(34-2)13-7-20/h4-16,18H,3,17H2,1-2H3,(H,28,29,30)(H2,31,32,33). The second kappa shape index (κ2) is 11.5. The largest absolute Gasteiger partial charge is 0.497 e. The number of carbonyl (C=O) groups excluding carboxylic acids is 1. The van der Waals surface area contributed by atoms with Crippen molar-refractivity contribution >= 4 is 23.2 Å². The highest BCUT2D eigenvalue weighted by atomic mass is 16.5. The minimum atomic E-state index is -0.314. The number of hydrogen-bond donors (Lipinski definition) is 3. The van der Waals surface area contributed by atoms with Gasteiger partial charge in [-0.1, -0.05) is 31.2 Å². The van der Waals surface area contributed by atoms with E-state index in [-0.39, 0.29) is 6.03 Å². The maximum Gasteiger partial charge on any atom is 0.323 e. The third-order valence-corrected chi connectivity index (χ3v) is 5.23. The van der Waals surface area contributed by atoms with E-state index >= 15 is 0 Å². The molecule has 0 aliphatic heterocycles. The average Bonchev–Trinajstić information content (AvgIpc) is 2.89. The summed E-state index contributed by atoms with van der Waals surface area (Å²) < 4.78 is 11.0. The zero-order valence-corrected chi connectivity index (χ0v) is 19.6. The first-order chi connectivity index (χ1) is 17.1. The molecule has 0 saturated carbocycles. The van der Waals surface area contributed by atoms with Crippen molar-refractivity contribution in [2.45, 2.75) is 19.9 Å². The highest BCUT2D eigenvalue weighted by Gasteiger charge is 2.06. The molecule has 1 aromatic heterocycles. The van der Waals surface area contributed by atoms with E-state index in [0.717, 1.165) is 23.4 Å². The molecule has 3 N–H and O–H groups in total. The Balaban J connectivity index is 1.29. The third kappa shape index (κ3) is 6.94. The quantitative estimate of drug-likeness (QED) is 0.274. The molecule has 0 saturated heterocycles. The van der Waals surface area contributed by atoms with Crippen molar-refractivity contribution in [2.24, 2.45) is 0 Å². The van der Waals surface area contributed by atoms with Gasteiger partial charge in [-0.2, -0.15) is 0 Å². The molecule has 4 aromatic rings. The van der Waals surface area contributed by atoms with Crippen LogP contribution in [0.1, 0.15) is 18.1 Å². The van der Waals surface area contributed by atoms with Crippen LogP contribution < -0.4 is 25.4 Å². The van der Waals surface area contributed by atoms with E-state index in [1.807, 2.05) is 48.5 Å². The second-order valence-corrected chi connectivity index (χ2v) is 7.70. The van der Waals surface area contributed by atoms with Gasteiger partial charge in [0.15, 0.2) is 0 Å². The number of carbonyl (C=O) groups is 1. The number of urea groups is 1. The Kier molecular flexibility index (Phi) is 7.75. The van der Waals surface area contributed by atoms with Crippen molar-refractivity contribution in [1.82, 2.24) is 9.97 Å². The zero-order chi connectivity index (χ0) is 24.5. The SMILES string of the molecule is CCc1ccc(NC(=O)Nc2ccc(Oc3cc(NCc4ccc(OC)cc4)ncn3)cc2)cc1. The number of aryl methyl sites for hydroxylation is 1. The van der Waals surface area contributed by atoms with Gasteiger partial charge < -0.3 is 25.4 Å². The van der Waals surface area contributed by atoms with E-state index < -0.39 is 0 Å². The van der Waals surface area contributed by atoms with Crippen LogP contribution >= 0.6 is 0 Å². The van der Waals surface area contributed by atoms with Crippen LogP contribution in [0.3, 0.4) is 0 Å². The molecule has 0 radical (unpaired) electrons. The molecule has 2 amide bonds. The summed E-state index contributed by atoms with van der Waals surface area (Å²) in [4.78, 5) is 20.7. The number of rotatable bonds is 9. The normalized spacial score (nSPS) is 10.3. The van der Waals surface area contributed by atoms with Crippen molar-refractivity contribution in [3.63, 3.8) is 0 Å².